The third-order valence-corrected chi connectivity index (χ3v) is 5.13. The Morgan fingerprint density at radius 3 is 2.45 bits per heavy atom. The summed E-state index contributed by atoms with van der Waals surface area (Å²) in [5.41, 5.74) is 2.74. The second-order valence-electron chi connectivity index (χ2n) is 7.06. The van der Waals surface area contributed by atoms with E-state index in [1.54, 1.807) is 14.0 Å². The molecule has 1 aliphatic rings. The van der Waals surface area contributed by atoms with Gasteiger partial charge in [-0.15, -0.1) is 0 Å². The van der Waals surface area contributed by atoms with Crippen LogP contribution >= 0.6 is 0 Å². The van der Waals surface area contributed by atoms with E-state index in [2.05, 4.69) is 5.10 Å². The Labute approximate surface area is 171 Å². The lowest BCUT2D eigenvalue weighted by atomic mass is 9.98. The van der Waals surface area contributed by atoms with Crippen molar-refractivity contribution < 1.29 is 19.1 Å². The number of hydrogen-bond donors (Lipinski definition) is 0. The zero-order valence-corrected chi connectivity index (χ0v) is 17.0. The van der Waals surface area contributed by atoms with E-state index in [-0.39, 0.29) is 30.4 Å². The fourth-order valence-corrected chi connectivity index (χ4v) is 3.14. The Hall–Kier alpha value is -3.15. The fourth-order valence-electron chi connectivity index (χ4n) is 3.14. The molecule has 6 nitrogen and oxygen atoms in total. The molecule has 1 heterocycles. The largest absolute Gasteiger partial charge is 0.497 e. The van der Waals surface area contributed by atoms with Crippen LogP contribution in [0.2, 0.25) is 0 Å². The molecule has 3 rings (SSSR count). The number of esters is 1. The van der Waals surface area contributed by atoms with Crippen LogP contribution in [-0.2, 0) is 14.3 Å². The molecular formula is C23H26N2O4. The van der Waals surface area contributed by atoms with E-state index in [4.69, 9.17) is 9.47 Å². The molecule has 2 aromatic carbocycles. The molecule has 1 amide bonds. The van der Waals surface area contributed by atoms with Gasteiger partial charge in [-0.1, -0.05) is 56.3 Å². The Kier molecular flexibility index (Phi) is 6.65. The maximum atomic E-state index is 12.9. The predicted molar refractivity (Wildman–Crippen MR) is 111 cm³/mol. The van der Waals surface area contributed by atoms with Gasteiger partial charge in [0.05, 0.1) is 24.8 Å². The Bertz CT molecular complexity index is 878. The summed E-state index contributed by atoms with van der Waals surface area (Å²) in [7, 11) is 1.61. The summed E-state index contributed by atoms with van der Waals surface area (Å²) in [5.74, 6) is -0.194. The van der Waals surface area contributed by atoms with Crippen molar-refractivity contribution in [1.82, 2.24) is 5.01 Å². The van der Waals surface area contributed by atoms with Crippen LogP contribution in [0.1, 0.15) is 43.9 Å². The molecule has 0 N–H and O–H groups in total. The van der Waals surface area contributed by atoms with E-state index in [0.717, 1.165) is 22.6 Å². The first kappa shape index (κ1) is 20.6. The Morgan fingerprint density at radius 2 is 1.83 bits per heavy atom. The van der Waals surface area contributed by atoms with Gasteiger partial charge in [0, 0.05) is 6.42 Å². The molecule has 1 aliphatic heterocycles. The fraction of sp³-hybridized carbons (Fsp3) is 0.348. The lowest BCUT2D eigenvalue weighted by Gasteiger charge is -2.22. The van der Waals surface area contributed by atoms with Gasteiger partial charge in [0.25, 0.3) is 5.91 Å². The second-order valence-corrected chi connectivity index (χ2v) is 7.06. The average Bonchev–Trinajstić information content (AvgIpc) is 3.23. The number of hydrazone groups is 1. The summed E-state index contributed by atoms with van der Waals surface area (Å²) in [6, 6.07) is 17.1. The van der Waals surface area contributed by atoms with Gasteiger partial charge in [0.1, 0.15) is 5.75 Å². The van der Waals surface area contributed by atoms with Gasteiger partial charge in [0.2, 0.25) is 0 Å². The van der Waals surface area contributed by atoms with Crippen LogP contribution in [0.3, 0.4) is 0 Å². The highest BCUT2D eigenvalue weighted by atomic mass is 16.5. The van der Waals surface area contributed by atoms with Crippen molar-refractivity contribution in [3.05, 3.63) is 65.7 Å². The number of carbonyl (C=O) groups excluding carboxylic acids is 2. The molecule has 0 saturated heterocycles. The molecule has 0 saturated carbocycles. The second kappa shape index (κ2) is 9.37. The van der Waals surface area contributed by atoms with E-state index in [1.807, 2.05) is 61.5 Å². The van der Waals surface area contributed by atoms with Crippen molar-refractivity contribution in [3.63, 3.8) is 0 Å². The van der Waals surface area contributed by atoms with Gasteiger partial charge in [-0.25, -0.2) is 5.01 Å². The van der Waals surface area contributed by atoms with Gasteiger partial charge in [-0.05, 0) is 29.7 Å². The predicted octanol–water partition coefficient (Wildman–Crippen LogP) is 3.96. The molecule has 0 fully saturated rings. The standard InChI is InChI=1S/C23H26N2O4/c1-4-16(2)23(27)29-15-22(26)25-21(18-10-12-19(28-3)13-11-18)14-20(24-25)17-8-6-5-7-9-17/h5-13,16,21H,4,14-15H2,1-3H3. The number of hydrogen-bond acceptors (Lipinski definition) is 5. The van der Waals surface area contributed by atoms with Crippen LogP contribution in [0.5, 0.6) is 5.75 Å². The number of carbonyl (C=O) groups is 2. The first-order valence-corrected chi connectivity index (χ1v) is 9.79. The van der Waals surface area contributed by atoms with Gasteiger partial charge in [-0.3, -0.25) is 9.59 Å². The van der Waals surface area contributed by atoms with Crippen LogP contribution in [0, 0.1) is 5.92 Å². The number of methoxy groups -OCH3 is 1. The highest BCUT2D eigenvalue weighted by Gasteiger charge is 2.33. The lowest BCUT2D eigenvalue weighted by molar-refractivity contribution is -0.155. The highest BCUT2D eigenvalue weighted by molar-refractivity contribution is 6.03. The number of nitrogens with zero attached hydrogens (tertiary/aromatic N) is 2. The van der Waals surface area contributed by atoms with Crippen LogP contribution in [-0.4, -0.2) is 36.3 Å². The zero-order valence-electron chi connectivity index (χ0n) is 17.0. The van der Waals surface area contributed by atoms with Gasteiger partial charge < -0.3 is 9.47 Å². The van der Waals surface area contributed by atoms with E-state index in [0.29, 0.717) is 12.8 Å². The van der Waals surface area contributed by atoms with Crippen molar-refractivity contribution >= 4 is 17.6 Å². The third-order valence-electron chi connectivity index (χ3n) is 5.13. The van der Waals surface area contributed by atoms with Crippen LogP contribution in [0.15, 0.2) is 59.7 Å². The van der Waals surface area contributed by atoms with Crippen molar-refractivity contribution in [2.24, 2.45) is 11.0 Å². The van der Waals surface area contributed by atoms with Crippen molar-refractivity contribution in [3.8, 4) is 5.75 Å². The molecule has 2 atom stereocenters. The smallest absolute Gasteiger partial charge is 0.309 e. The molecule has 0 aromatic heterocycles. The maximum Gasteiger partial charge on any atom is 0.309 e. The van der Waals surface area contributed by atoms with Crippen LogP contribution < -0.4 is 4.74 Å². The lowest BCUT2D eigenvalue weighted by Crippen LogP contribution is -2.32. The summed E-state index contributed by atoms with van der Waals surface area (Å²) in [6.07, 6.45) is 1.25. The normalized spacial score (nSPS) is 16.9. The molecule has 0 spiro atoms. The Morgan fingerprint density at radius 1 is 1.14 bits per heavy atom. The zero-order chi connectivity index (χ0) is 20.8. The summed E-state index contributed by atoms with van der Waals surface area (Å²) in [5, 5.41) is 6.02. The summed E-state index contributed by atoms with van der Waals surface area (Å²) < 4.78 is 10.4. The minimum atomic E-state index is -0.367. The minimum Gasteiger partial charge on any atom is -0.497 e. The molecule has 2 unspecified atom stereocenters. The summed E-state index contributed by atoms with van der Waals surface area (Å²) in [4.78, 5) is 24.8. The molecule has 2 aromatic rings. The number of ether oxygens (including phenoxy) is 2. The van der Waals surface area contributed by atoms with E-state index in [1.165, 1.54) is 5.01 Å². The van der Waals surface area contributed by atoms with Gasteiger partial charge >= 0.3 is 5.97 Å². The first-order valence-electron chi connectivity index (χ1n) is 9.79. The van der Waals surface area contributed by atoms with Crippen LogP contribution in [0.4, 0.5) is 0 Å². The molecule has 152 valence electrons. The van der Waals surface area contributed by atoms with Crippen molar-refractivity contribution in [2.75, 3.05) is 13.7 Å². The monoisotopic (exact) mass is 394 g/mol. The van der Waals surface area contributed by atoms with Crippen molar-refractivity contribution in [1.29, 1.82) is 0 Å². The molecular weight excluding hydrogens is 368 g/mol. The molecule has 0 radical (unpaired) electrons. The van der Waals surface area contributed by atoms with E-state index in [9.17, 15) is 9.59 Å². The summed E-state index contributed by atoms with van der Waals surface area (Å²) in [6.45, 7) is 3.38. The molecule has 6 heteroatoms. The number of rotatable bonds is 7. The molecule has 0 aliphatic carbocycles. The van der Waals surface area contributed by atoms with Gasteiger partial charge in [0.15, 0.2) is 6.61 Å². The third kappa shape index (κ3) is 4.83. The molecule has 29 heavy (non-hydrogen) atoms. The van der Waals surface area contributed by atoms with E-state index < -0.39 is 0 Å². The first-order chi connectivity index (χ1) is 14.0. The summed E-state index contributed by atoms with van der Waals surface area (Å²) >= 11 is 0. The quantitative estimate of drug-likeness (QED) is 0.667. The van der Waals surface area contributed by atoms with E-state index >= 15 is 0 Å². The maximum absolute atomic E-state index is 12.9. The number of benzene rings is 2. The van der Waals surface area contributed by atoms with Gasteiger partial charge in [-0.2, -0.15) is 5.10 Å². The topological polar surface area (TPSA) is 68.2 Å². The number of amides is 1. The Balaban J connectivity index is 1.82. The van der Waals surface area contributed by atoms with Crippen LogP contribution in [0.25, 0.3) is 0 Å². The minimum absolute atomic E-state index is 0.234. The molecule has 0 bridgehead atoms. The SMILES string of the molecule is CCC(C)C(=O)OCC(=O)N1N=C(c2ccccc2)CC1c1ccc(OC)cc1. The average molecular weight is 394 g/mol. The van der Waals surface area contributed by atoms with Crippen molar-refractivity contribution in [2.45, 2.75) is 32.7 Å². The highest BCUT2D eigenvalue weighted by Crippen LogP contribution is 2.33.